The molecule has 1 saturated heterocycles. The second-order valence-electron chi connectivity index (χ2n) is 10.6. The molecule has 1 aliphatic carbocycles. The van der Waals surface area contributed by atoms with Gasteiger partial charge in [0.05, 0.1) is 6.61 Å². The average Bonchev–Trinajstić information content (AvgIpc) is 3.82. The molecule has 2 aliphatic rings. The summed E-state index contributed by atoms with van der Waals surface area (Å²) in [7, 11) is 0. The first-order valence-electron chi connectivity index (χ1n) is 14.2. The SMILES string of the molecule is O=C(O[C@@H](Cc1c(Cl)c[nH+]cc1Cl)c1ccc(OC(F)F)c(OCC2CC2)c1)c1cccc(CNC2CCOCC2)c1O.[OH-]. The smallest absolute Gasteiger partial charge is 0.387 e. The van der Waals surface area contributed by atoms with E-state index in [0.717, 1.165) is 25.7 Å². The molecule has 238 valence electrons. The van der Waals surface area contributed by atoms with Crippen molar-refractivity contribution in [3.8, 4) is 17.2 Å². The Balaban J connectivity index is 0.00000442. The molecule has 1 saturated carbocycles. The van der Waals surface area contributed by atoms with Crippen LogP contribution in [0.3, 0.4) is 0 Å². The van der Waals surface area contributed by atoms with Gasteiger partial charge < -0.3 is 34.8 Å². The van der Waals surface area contributed by atoms with Crippen molar-refractivity contribution in [2.75, 3.05) is 19.8 Å². The van der Waals surface area contributed by atoms with Crippen molar-refractivity contribution in [3.63, 3.8) is 0 Å². The number of benzene rings is 2. The Bertz CT molecular complexity index is 1400. The summed E-state index contributed by atoms with van der Waals surface area (Å²) in [4.78, 5) is 16.4. The van der Waals surface area contributed by atoms with Crippen LogP contribution in [0.25, 0.3) is 0 Å². The minimum Gasteiger partial charge on any atom is -0.870 e. The van der Waals surface area contributed by atoms with Gasteiger partial charge in [-0.2, -0.15) is 8.78 Å². The van der Waals surface area contributed by atoms with E-state index in [4.69, 9.17) is 37.4 Å². The maximum Gasteiger partial charge on any atom is 0.387 e. The average molecular weight is 656 g/mol. The monoisotopic (exact) mass is 654 g/mol. The van der Waals surface area contributed by atoms with Crippen LogP contribution in [-0.4, -0.2) is 49.0 Å². The number of phenols is 1. The van der Waals surface area contributed by atoms with E-state index in [1.54, 1.807) is 24.5 Å². The Morgan fingerprint density at radius 1 is 1.07 bits per heavy atom. The van der Waals surface area contributed by atoms with Crippen molar-refractivity contribution in [1.82, 2.24) is 5.32 Å². The molecule has 5 rings (SSSR count). The molecular weight excluding hydrogens is 621 g/mol. The number of aromatic amines is 1. The quantitative estimate of drug-likeness (QED) is 0.210. The highest BCUT2D eigenvalue weighted by atomic mass is 35.5. The molecule has 0 spiro atoms. The molecule has 0 radical (unpaired) electrons. The maximum absolute atomic E-state index is 13.5. The second-order valence-corrected chi connectivity index (χ2v) is 11.5. The number of halogens is 4. The molecule has 3 aromatic rings. The number of phenolic OH excluding ortho intramolecular Hbond substituents is 1. The Kier molecular flexibility index (Phi) is 12.0. The zero-order valence-electron chi connectivity index (χ0n) is 23.7. The number of carbonyl (C=O) groups excluding carboxylic acids is 1. The number of aromatic hydroxyl groups is 1. The number of esters is 1. The van der Waals surface area contributed by atoms with Crippen LogP contribution in [0.2, 0.25) is 10.0 Å². The highest BCUT2D eigenvalue weighted by Crippen LogP contribution is 2.38. The van der Waals surface area contributed by atoms with Crippen molar-refractivity contribution >= 4 is 29.2 Å². The zero-order chi connectivity index (χ0) is 30.3. The number of carbonyl (C=O) groups is 1. The first kappa shape index (κ1) is 33.7. The van der Waals surface area contributed by atoms with E-state index in [-0.39, 0.29) is 40.8 Å². The Morgan fingerprint density at radius 3 is 2.48 bits per heavy atom. The number of aromatic nitrogens is 1. The van der Waals surface area contributed by atoms with Gasteiger partial charge in [0.2, 0.25) is 0 Å². The van der Waals surface area contributed by atoms with Crippen molar-refractivity contribution in [2.45, 2.75) is 57.4 Å². The Morgan fingerprint density at radius 2 is 1.80 bits per heavy atom. The Labute approximate surface area is 263 Å². The predicted molar refractivity (Wildman–Crippen MR) is 157 cm³/mol. The highest BCUT2D eigenvalue weighted by molar-refractivity contribution is 6.35. The molecule has 0 unspecified atom stereocenters. The van der Waals surface area contributed by atoms with E-state index in [1.165, 1.54) is 24.3 Å². The number of nitrogens with one attached hydrogen (secondary N) is 2. The van der Waals surface area contributed by atoms with E-state index < -0.39 is 18.7 Å². The lowest BCUT2D eigenvalue weighted by atomic mass is 10.0. The predicted octanol–water partition coefficient (Wildman–Crippen LogP) is 6.14. The lowest BCUT2D eigenvalue weighted by Gasteiger charge is -2.24. The number of pyridine rings is 1. The summed E-state index contributed by atoms with van der Waals surface area (Å²) in [6.45, 7) is -0.986. The third kappa shape index (κ3) is 8.92. The second kappa shape index (κ2) is 15.7. The molecular formula is C31H34Cl2F2N2O7. The molecule has 1 atom stereocenters. The molecule has 1 aromatic heterocycles. The minimum absolute atomic E-state index is 0. The molecule has 1 aliphatic heterocycles. The van der Waals surface area contributed by atoms with Crippen LogP contribution < -0.4 is 19.8 Å². The third-order valence-corrected chi connectivity index (χ3v) is 8.18. The molecule has 4 N–H and O–H groups in total. The van der Waals surface area contributed by atoms with Crippen LogP contribution in [0.1, 0.15) is 58.8 Å². The van der Waals surface area contributed by atoms with Gasteiger partial charge in [-0.15, -0.1) is 0 Å². The molecule has 0 bridgehead atoms. The van der Waals surface area contributed by atoms with Crippen molar-refractivity contribution in [1.29, 1.82) is 0 Å². The number of H-pyrrole nitrogens is 1. The fourth-order valence-corrected chi connectivity index (χ4v) is 5.39. The van der Waals surface area contributed by atoms with Crippen LogP contribution in [0.5, 0.6) is 17.2 Å². The van der Waals surface area contributed by atoms with Crippen LogP contribution >= 0.6 is 23.2 Å². The van der Waals surface area contributed by atoms with Crippen molar-refractivity contribution < 1.29 is 48.1 Å². The lowest BCUT2D eigenvalue weighted by molar-refractivity contribution is -0.377. The summed E-state index contributed by atoms with van der Waals surface area (Å²) in [6.07, 6.45) is 5.90. The zero-order valence-corrected chi connectivity index (χ0v) is 25.3. The van der Waals surface area contributed by atoms with Crippen LogP contribution in [0.4, 0.5) is 8.78 Å². The Hall–Kier alpha value is -3.22. The first-order valence-corrected chi connectivity index (χ1v) is 14.9. The summed E-state index contributed by atoms with van der Waals surface area (Å²) in [5, 5.41) is 15.1. The van der Waals surface area contributed by atoms with Crippen molar-refractivity contribution in [2.24, 2.45) is 5.92 Å². The van der Waals surface area contributed by atoms with E-state index in [1.807, 2.05) is 0 Å². The van der Waals surface area contributed by atoms with E-state index in [0.29, 0.717) is 59.0 Å². The van der Waals surface area contributed by atoms with Crippen LogP contribution in [0.15, 0.2) is 48.8 Å². The summed E-state index contributed by atoms with van der Waals surface area (Å²) in [5.74, 6) is -0.638. The summed E-state index contributed by atoms with van der Waals surface area (Å²) < 4.78 is 48.1. The number of alkyl halides is 2. The topological polar surface area (TPSA) is 130 Å². The standard InChI is InChI=1S/C31H32Cl2F2N2O6.H2O/c32-24-15-36-16-25(33)23(24)13-27(19-6-7-26(43-31(34)35)28(12-19)41-17-18-4-5-18)42-30(39)22-3-1-2-20(29(22)38)14-37-21-8-10-40-11-9-21;/h1-3,6-7,12,15-16,18,21,27,31,37-38H,4-5,8-11,13-14,17H2;1H2/t27-;/m0./s1. The summed E-state index contributed by atoms with van der Waals surface area (Å²) >= 11 is 12.9. The number of rotatable bonds is 13. The first-order chi connectivity index (χ1) is 20.8. The van der Waals surface area contributed by atoms with Gasteiger partial charge in [-0.05, 0) is 55.4 Å². The minimum atomic E-state index is -3.04. The van der Waals surface area contributed by atoms with Gasteiger partial charge in [0.1, 0.15) is 27.5 Å². The molecule has 0 amide bonds. The van der Waals surface area contributed by atoms with Gasteiger partial charge in [0, 0.05) is 43.3 Å². The van der Waals surface area contributed by atoms with E-state index in [2.05, 4.69) is 15.0 Å². The fraction of sp³-hybridized carbons (Fsp3) is 0.419. The van der Waals surface area contributed by atoms with Crippen LogP contribution in [0, 0.1) is 5.92 Å². The molecule has 2 heterocycles. The molecule has 9 nitrogen and oxygen atoms in total. The molecule has 44 heavy (non-hydrogen) atoms. The largest absolute Gasteiger partial charge is 0.870 e. The van der Waals surface area contributed by atoms with E-state index >= 15 is 0 Å². The van der Waals surface area contributed by atoms with Gasteiger partial charge in [0.15, 0.2) is 23.9 Å². The molecule has 13 heteroatoms. The molecule has 2 fully saturated rings. The maximum atomic E-state index is 13.5. The van der Waals surface area contributed by atoms with Crippen LogP contribution in [-0.2, 0) is 22.4 Å². The summed E-state index contributed by atoms with van der Waals surface area (Å²) in [6, 6.07) is 9.53. The van der Waals surface area contributed by atoms with Gasteiger partial charge in [0.25, 0.3) is 0 Å². The lowest BCUT2D eigenvalue weighted by Crippen LogP contribution is -2.34. The van der Waals surface area contributed by atoms with Gasteiger partial charge in [-0.25, -0.2) is 9.78 Å². The number of hydrogen-bond donors (Lipinski definition) is 2. The fourth-order valence-electron chi connectivity index (χ4n) is 4.85. The molecule has 2 aromatic carbocycles. The van der Waals surface area contributed by atoms with Gasteiger partial charge in [-0.1, -0.05) is 41.4 Å². The number of hydrogen-bond acceptors (Lipinski definition) is 8. The summed E-state index contributed by atoms with van der Waals surface area (Å²) in [5.41, 5.74) is 1.48. The van der Waals surface area contributed by atoms with Gasteiger partial charge in [-0.3, -0.25) is 0 Å². The number of ether oxygens (including phenoxy) is 4. The van der Waals surface area contributed by atoms with E-state index in [9.17, 15) is 18.7 Å². The normalized spacial score (nSPS) is 15.8. The highest BCUT2D eigenvalue weighted by Gasteiger charge is 2.27. The van der Waals surface area contributed by atoms with Gasteiger partial charge >= 0.3 is 12.6 Å². The van der Waals surface area contributed by atoms with Crippen molar-refractivity contribution in [3.05, 3.63) is 81.1 Å². The third-order valence-electron chi connectivity index (χ3n) is 7.50. The number of para-hydroxylation sites is 1.